The maximum Gasteiger partial charge on any atom is 0.0700 e. The van der Waals surface area contributed by atoms with E-state index in [4.69, 9.17) is 9.47 Å². The van der Waals surface area contributed by atoms with Crippen LogP contribution < -0.4 is 5.32 Å². The minimum atomic E-state index is 0.452. The fourth-order valence-electron chi connectivity index (χ4n) is 2.82. The van der Waals surface area contributed by atoms with E-state index in [1.807, 2.05) is 0 Å². The lowest BCUT2D eigenvalue weighted by Crippen LogP contribution is -2.29. The van der Waals surface area contributed by atoms with E-state index in [2.05, 4.69) is 5.32 Å². The second-order valence-electron chi connectivity index (χ2n) is 5.42. The molecule has 0 aromatic carbocycles. The summed E-state index contributed by atoms with van der Waals surface area (Å²) in [5, 5.41) is 3.42. The van der Waals surface area contributed by atoms with Crippen LogP contribution in [0.25, 0.3) is 0 Å². The van der Waals surface area contributed by atoms with Gasteiger partial charge in [-0.05, 0) is 31.6 Å². The lowest BCUT2D eigenvalue weighted by atomic mass is 9.90. The van der Waals surface area contributed by atoms with Gasteiger partial charge in [0.05, 0.1) is 12.7 Å². The number of hydrogen-bond donors (Lipinski definition) is 1. The number of rotatable bonds is 7. The molecule has 0 spiro atoms. The third kappa shape index (κ3) is 5.36. The molecule has 0 radical (unpaired) electrons. The van der Waals surface area contributed by atoms with Gasteiger partial charge in [-0.3, -0.25) is 0 Å². The Morgan fingerprint density at radius 3 is 2.71 bits per heavy atom. The Morgan fingerprint density at radius 2 is 1.94 bits per heavy atom. The van der Waals surface area contributed by atoms with Gasteiger partial charge in [-0.15, -0.1) is 0 Å². The molecule has 1 saturated heterocycles. The van der Waals surface area contributed by atoms with Crippen LogP contribution >= 0.6 is 0 Å². The molecule has 1 saturated carbocycles. The van der Waals surface area contributed by atoms with E-state index >= 15 is 0 Å². The van der Waals surface area contributed by atoms with Crippen LogP contribution in [0.2, 0.25) is 0 Å². The molecule has 1 N–H and O–H groups in total. The molecule has 0 aromatic rings. The minimum absolute atomic E-state index is 0.452. The van der Waals surface area contributed by atoms with Gasteiger partial charge >= 0.3 is 0 Å². The van der Waals surface area contributed by atoms with Crippen molar-refractivity contribution in [2.45, 2.75) is 51.0 Å². The monoisotopic (exact) mass is 241 g/mol. The van der Waals surface area contributed by atoms with Crippen LogP contribution in [0.4, 0.5) is 0 Å². The van der Waals surface area contributed by atoms with Crippen molar-refractivity contribution >= 4 is 0 Å². The molecule has 17 heavy (non-hydrogen) atoms. The average Bonchev–Trinajstić information content (AvgIpc) is 2.88. The van der Waals surface area contributed by atoms with E-state index in [1.54, 1.807) is 0 Å². The highest BCUT2D eigenvalue weighted by Crippen LogP contribution is 2.23. The van der Waals surface area contributed by atoms with Crippen molar-refractivity contribution in [2.75, 3.05) is 32.9 Å². The summed E-state index contributed by atoms with van der Waals surface area (Å²) in [6.07, 6.45) is 9.90. The van der Waals surface area contributed by atoms with Crippen LogP contribution in [-0.4, -0.2) is 39.0 Å². The Hall–Kier alpha value is -0.120. The summed E-state index contributed by atoms with van der Waals surface area (Å²) in [5.41, 5.74) is 0. The first-order valence-electron chi connectivity index (χ1n) is 7.35. The maximum absolute atomic E-state index is 5.73. The Morgan fingerprint density at radius 1 is 1.06 bits per heavy atom. The third-order valence-corrected chi connectivity index (χ3v) is 3.90. The zero-order chi connectivity index (χ0) is 11.8. The van der Waals surface area contributed by atoms with Gasteiger partial charge < -0.3 is 14.8 Å². The van der Waals surface area contributed by atoms with Gasteiger partial charge in [-0.25, -0.2) is 0 Å². The van der Waals surface area contributed by atoms with Gasteiger partial charge in [0.1, 0.15) is 0 Å². The summed E-state index contributed by atoms with van der Waals surface area (Å²) < 4.78 is 11.3. The highest BCUT2D eigenvalue weighted by Gasteiger charge is 2.15. The summed E-state index contributed by atoms with van der Waals surface area (Å²) in [4.78, 5) is 0. The second kappa shape index (κ2) is 8.06. The summed E-state index contributed by atoms with van der Waals surface area (Å²) >= 11 is 0. The smallest absolute Gasteiger partial charge is 0.0700 e. The molecule has 3 nitrogen and oxygen atoms in total. The van der Waals surface area contributed by atoms with Gasteiger partial charge in [-0.2, -0.15) is 0 Å². The molecular formula is C14H27NO2. The van der Waals surface area contributed by atoms with Gasteiger partial charge in [0.25, 0.3) is 0 Å². The van der Waals surface area contributed by atoms with Crippen LogP contribution in [0.5, 0.6) is 0 Å². The van der Waals surface area contributed by atoms with Gasteiger partial charge in [-0.1, -0.05) is 19.3 Å². The van der Waals surface area contributed by atoms with E-state index in [-0.39, 0.29) is 0 Å². The maximum atomic E-state index is 5.73. The predicted molar refractivity (Wildman–Crippen MR) is 69.2 cm³/mol. The van der Waals surface area contributed by atoms with Crippen molar-refractivity contribution in [1.82, 2.24) is 5.32 Å². The minimum Gasteiger partial charge on any atom is -0.380 e. The Kier molecular flexibility index (Phi) is 6.32. The molecule has 100 valence electrons. The average molecular weight is 241 g/mol. The molecule has 0 aromatic heterocycles. The fourth-order valence-corrected chi connectivity index (χ4v) is 2.82. The SMILES string of the molecule is C1CCC(COCCNCC2CCCO2)CC1. The molecule has 0 bridgehead atoms. The first-order valence-corrected chi connectivity index (χ1v) is 7.35. The highest BCUT2D eigenvalue weighted by molar-refractivity contribution is 4.67. The van der Waals surface area contributed by atoms with Gasteiger partial charge in [0.15, 0.2) is 0 Å². The van der Waals surface area contributed by atoms with Crippen molar-refractivity contribution in [3.63, 3.8) is 0 Å². The van der Waals surface area contributed by atoms with E-state index < -0.39 is 0 Å². The van der Waals surface area contributed by atoms with Crippen LogP contribution in [0.1, 0.15) is 44.9 Å². The lowest BCUT2D eigenvalue weighted by molar-refractivity contribution is 0.0802. The molecule has 2 aliphatic rings. The molecule has 3 heteroatoms. The van der Waals surface area contributed by atoms with Crippen LogP contribution in [-0.2, 0) is 9.47 Å². The van der Waals surface area contributed by atoms with E-state index in [9.17, 15) is 0 Å². The summed E-state index contributed by atoms with van der Waals surface area (Å²) in [7, 11) is 0. The van der Waals surface area contributed by atoms with Crippen molar-refractivity contribution in [2.24, 2.45) is 5.92 Å². The molecule has 1 aliphatic carbocycles. The fraction of sp³-hybridized carbons (Fsp3) is 1.00. The molecule has 1 aliphatic heterocycles. The summed E-state index contributed by atoms with van der Waals surface area (Å²) in [6.45, 7) is 4.73. The van der Waals surface area contributed by atoms with Crippen molar-refractivity contribution in [3.8, 4) is 0 Å². The van der Waals surface area contributed by atoms with Gasteiger partial charge in [0, 0.05) is 26.3 Å². The summed E-state index contributed by atoms with van der Waals surface area (Å²) in [6, 6.07) is 0. The zero-order valence-electron chi connectivity index (χ0n) is 11.0. The second-order valence-corrected chi connectivity index (χ2v) is 5.42. The number of nitrogens with one attached hydrogen (secondary N) is 1. The van der Waals surface area contributed by atoms with Crippen LogP contribution in [0.3, 0.4) is 0 Å². The third-order valence-electron chi connectivity index (χ3n) is 3.90. The largest absolute Gasteiger partial charge is 0.380 e. The quantitative estimate of drug-likeness (QED) is 0.694. The normalized spacial score (nSPS) is 26.5. The lowest BCUT2D eigenvalue weighted by Gasteiger charge is -2.21. The highest BCUT2D eigenvalue weighted by atomic mass is 16.5. The molecule has 2 fully saturated rings. The van der Waals surface area contributed by atoms with E-state index in [1.165, 1.54) is 44.9 Å². The number of hydrogen-bond acceptors (Lipinski definition) is 3. The Bertz CT molecular complexity index is 187. The first kappa shape index (κ1) is 13.3. The van der Waals surface area contributed by atoms with Gasteiger partial charge in [0.2, 0.25) is 0 Å². The molecule has 2 rings (SSSR count). The van der Waals surface area contributed by atoms with Crippen molar-refractivity contribution in [1.29, 1.82) is 0 Å². The van der Waals surface area contributed by atoms with Crippen molar-refractivity contribution < 1.29 is 9.47 Å². The predicted octanol–water partition coefficient (Wildman–Crippen LogP) is 2.35. The zero-order valence-corrected chi connectivity index (χ0v) is 11.0. The molecule has 1 unspecified atom stereocenters. The van der Waals surface area contributed by atoms with Crippen LogP contribution in [0, 0.1) is 5.92 Å². The van der Waals surface area contributed by atoms with Crippen LogP contribution in [0.15, 0.2) is 0 Å². The topological polar surface area (TPSA) is 30.5 Å². The summed E-state index contributed by atoms with van der Waals surface area (Å²) in [5.74, 6) is 0.835. The molecular weight excluding hydrogens is 214 g/mol. The van der Waals surface area contributed by atoms with E-state index in [0.717, 1.165) is 38.8 Å². The Balaban J connectivity index is 1.38. The molecule has 0 amide bonds. The molecule has 1 atom stereocenters. The van der Waals surface area contributed by atoms with E-state index in [0.29, 0.717) is 6.10 Å². The number of ether oxygens (including phenoxy) is 2. The standard InChI is InChI=1S/C14H27NO2/c1-2-5-13(6-3-1)12-16-10-8-15-11-14-7-4-9-17-14/h13-15H,1-12H2. The Labute approximate surface area is 105 Å². The first-order chi connectivity index (χ1) is 8.45. The van der Waals surface area contributed by atoms with Crippen molar-refractivity contribution in [3.05, 3.63) is 0 Å². The molecule has 1 heterocycles.